The molecule has 0 spiro atoms. The molecule has 0 aromatic heterocycles. The van der Waals surface area contributed by atoms with Crippen LogP contribution in [0, 0.1) is 0 Å². The Labute approximate surface area is 201 Å². The molecule has 2 N–H and O–H groups in total. The standard InChI is InChI=1S/C25H35N3O4S/c1-6-25(29)32-16-15-31-14-13-30-12-11-28(19-33-24-10-8-7-9-23(24)26)27-18-22(21(4)5)17-20(2)3/h6-10,17-18H,1-2,4,11-16,19,26H2,3,5H3/b22-17-,27-18+. The fraction of sp³-hybridized carbons (Fsp3) is 0.360. The second kappa shape index (κ2) is 16.8. The van der Waals surface area contributed by atoms with Crippen LogP contribution in [0.5, 0.6) is 0 Å². The van der Waals surface area contributed by atoms with Gasteiger partial charge in [-0.3, -0.25) is 5.01 Å². The first kappa shape index (κ1) is 28.2. The van der Waals surface area contributed by atoms with Crippen LogP contribution in [0.4, 0.5) is 5.69 Å². The molecule has 8 heteroatoms. The predicted octanol–water partition coefficient (Wildman–Crippen LogP) is 4.45. The molecule has 7 nitrogen and oxygen atoms in total. The van der Waals surface area contributed by atoms with Gasteiger partial charge in [-0.1, -0.05) is 43.5 Å². The lowest BCUT2D eigenvalue weighted by Gasteiger charge is -2.19. The third kappa shape index (κ3) is 13.4. The van der Waals surface area contributed by atoms with Crippen LogP contribution < -0.4 is 5.73 Å². The molecule has 0 saturated carbocycles. The van der Waals surface area contributed by atoms with Gasteiger partial charge in [0.05, 0.1) is 45.1 Å². The van der Waals surface area contributed by atoms with Gasteiger partial charge >= 0.3 is 5.97 Å². The molecule has 1 aromatic carbocycles. The highest BCUT2D eigenvalue weighted by Gasteiger charge is 2.06. The SMILES string of the molecule is C=CC(=O)OCCOCCOCCN(CSc1ccccc1N)/N=C/C(=C/C(=C)C)C(=C)C. The Balaban J connectivity index is 2.54. The largest absolute Gasteiger partial charge is 0.460 e. The summed E-state index contributed by atoms with van der Waals surface area (Å²) in [5.74, 6) is 0.147. The van der Waals surface area contributed by atoms with E-state index in [0.29, 0.717) is 38.8 Å². The second-order valence-electron chi connectivity index (χ2n) is 7.11. The number of para-hydroxylation sites is 1. The summed E-state index contributed by atoms with van der Waals surface area (Å²) in [6.45, 7) is 17.5. The highest BCUT2D eigenvalue weighted by molar-refractivity contribution is 7.99. The molecule has 0 saturated heterocycles. The molecule has 0 fully saturated rings. The number of nitrogen functional groups attached to an aromatic ring is 1. The molecule has 0 aliphatic carbocycles. The minimum Gasteiger partial charge on any atom is -0.460 e. The number of nitrogens with zero attached hydrogens (tertiary/aromatic N) is 2. The molecule has 0 atom stereocenters. The maximum absolute atomic E-state index is 10.9. The van der Waals surface area contributed by atoms with E-state index >= 15 is 0 Å². The zero-order valence-corrected chi connectivity index (χ0v) is 20.4. The Bertz CT molecular complexity index is 852. The quantitative estimate of drug-likeness (QED) is 0.0412. The smallest absolute Gasteiger partial charge is 0.330 e. The molecule has 0 bridgehead atoms. The molecule has 33 heavy (non-hydrogen) atoms. The average molecular weight is 474 g/mol. The molecular formula is C25H35N3O4S. The van der Waals surface area contributed by atoms with Crippen LogP contribution in [0.2, 0.25) is 0 Å². The second-order valence-corrected chi connectivity index (χ2v) is 8.10. The van der Waals surface area contributed by atoms with Crippen molar-refractivity contribution in [3.05, 3.63) is 72.9 Å². The highest BCUT2D eigenvalue weighted by atomic mass is 32.2. The molecule has 0 amide bonds. The summed E-state index contributed by atoms with van der Waals surface area (Å²) < 4.78 is 15.9. The van der Waals surface area contributed by atoms with Crippen LogP contribution in [-0.2, 0) is 19.0 Å². The van der Waals surface area contributed by atoms with Crippen molar-refractivity contribution in [1.29, 1.82) is 0 Å². The first-order chi connectivity index (χ1) is 15.8. The van der Waals surface area contributed by atoms with Gasteiger partial charge < -0.3 is 19.9 Å². The molecule has 0 unspecified atom stereocenters. The van der Waals surface area contributed by atoms with Gasteiger partial charge in [-0.05, 0) is 37.1 Å². The number of thioether (sulfide) groups is 1. The summed E-state index contributed by atoms with van der Waals surface area (Å²) in [6.07, 6.45) is 4.86. The van der Waals surface area contributed by atoms with E-state index in [0.717, 1.165) is 33.4 Å². The zero-order valence-electron chi connectivity index (χ0n) is 19.6. The number of allylic oxidation sites excluding steroid dienone is 4. The lowest BCUT2D eigenvalue weighted by molar-refractivity contribution is -0.139. The van der Waals surface area contributed by atoms with Gasteiger partial charge in [0.15, 0.2) is 0 Å². The third-order valence-electron chi connectivity index (χ3n) is 4.05. The molecule has 0 heterocycles. The Morgan fingerprint density at radius 3 is 2.42 bits per heavy atom. The van der Waals surface area contributed by atoms with Crippen LogP contribution in [0.15, 0.2) is 82.9 Å². The van der Waals surface area contributed by atoms with Gasteiger partial charge in [-0.2, -0.15) is 5.10 Å². The number of nitrogens with two attached hydrogens (primary N) is 1. The maximum atomic E-state index is 10.9. The van der Waals surface area contributed by atoms with Crippen LogP contribution in [0.3, 0.4) is 0 Å². The summed E-state index contributed by atoms with van der Waals surface area (Å²) in [5.41, 5.74) is 9.56. The summed E-state index contributed by atoms with van der Waals surface area (Å²) in [7, 11) is 0. The number of benzene rings is 1. The molecular weight excluding hydrogens is 438 g/mol. The maximum Gasteiger partial charge on any atom is 0.330 e. The summed E-state index contributed by atoms with van der Waals surface area (Å²) in [5, 5.41) is 6.55. The number of esters is 1. The normalized spacial score (nSPS) is 11.4. The van der Waals surface area contributed by atoms with Gasteiger partial charge in [-0.25, -0.2) is 4.79 Å². The van der Waals surface area contributed by atoms with Crippen molar-refractivity contribution < 1.29 is 19.0 Å². The topological polar surface area (TPSA) is 86.4 Å². The Kier molecular flexibility index (Phi) is 14.3. The van der Waals surface area contributed by atoms with Crippen molar-refractivity contribution in [3.63, 3.8) is 0 Å². The molecule has 0 radical (unpaired) electrons. The summed E-state index contributed by atoms with van der Waals surface area (Å²) in [4.78, 5) is 11.9. The van der Waals surface area contributed by atoms with E-state index in [4.69, 9.17) is 19.9 Å². The number of ether oxygens (including phenoxy) is 3. The van der Waals surface area contributed by atoms with Crippen LogP contribution in [0.1, 0.15) is 13.8 Å². The zero-order chi connectivity index (χ0) is 24.5. The van der Waals surface area contributed by atoms with E-state index in [9.17, 15) is 4.79 Å². The van der Waals surface area contributed by atoms with Gasteiger partial charge in [0, 0.05) is 16.7 Å². The number of anilines is 1. The fourth-order valence-electron chi connectivity index (χ4n) is 2.34. The van der Waals surface area contributed by atoms with E-state index in [1.165, 1.54) is 0 Å². The van der Waals surface area contributed by atoms with Crippen molar-refractivity contribution in [1.82, 2.24) is 5.01 Å². The van der Waals surface area contributed by atoms with Gasteiger partial charge in [0.2, 0.25) is 0 Å². The third-order valence-corrected chi connectivity index (χ3v) is 5.16. The molecule has 1 rings (SSSR count). The molecule has 0 aliphatic rings. The van der Waals surface area contributed by atoms with Crippen molar-refractivity contribution in [3.8, 4) is 0 Å². The minimum atomic E-state index is -0.460. The number of hydrogen-bond acceptors (Lipinski definition) is 8. The molecule has 1 aromatic rings. The Morgan fingerprint density at radius 2 is 1.79 bits per heavy atom. The van der Waals surface area contributed by atoms with Gasteiger partial charge in [0.25, 0.3) is 0 Å². The number of rotatable bonds is 17. The van der Waals surface area contributed by atoms with Crippen LogP contribution in [0.25, 0.3) is 0 Å². The summed E-state index contributed by atoms with van der Waals surface area (Å²) >= 11 is 1.61. The van der Waals surface area contributed by atoms with Crippen molar-refractivity contribution in [2.75, 3.05) is 51.2 Å². The fourth-order valence-corrected chi connectivity index (χ4v) is 3.24. The van der Waals surface area contributed by atoms with Crippen molar-refractivity contribution in [2.24, 2.45) is 5.10 Å². The van der Waals surface area contributed by atoms with E-state index in [-0.39, 0.29) is 6.61 Å². The lowest BCUT2D eigenvalue weighted by atomic mass is 10.1. The van der Waals surface area contributed by atoms with E-state index in [2.05, 4.69) is 24.8 Å². The Morgan fingerprint density at radius 1 is 1.12 bits per heavy atom. The number of carbonyl (C=O) groups excluding carboxylic acids is 1. The minimum absolute atomic E-state index is 0.190. The predicted molar refractivity (Wildman–Crippen MR) is 137 cm³/mol. The number of hydrazone groups is 1. The highest BCUT2D eigenvalue weighted by Crippen LogP contribution is 2.25. The van der Waals surface area contributed by atoms with Crippen LogP contribution >= 0.6 is 11.8 Å². The van der Waals surface area contributed by atoms with E-state index < -0.39 is 5.97 Å². The summed E-state index contributed by atoms with van der Waals surface area (Å²) in [6, 6.07) is 7.74. The average Bonchev–Trinajstić information content (AvgIpc) is 2.78. The number of hydrogen-bond donors (Lipinski definition) is 1. The van der Waals surface area contributed by atoms with Crippen LogP contribution in [-0.4, -0.2) is 62.6 Å². The lowest BCUT2D eigenvalue weighted by Crippen LogP contribution is -2.23. The van der Waals surface area contributed by atoms with Gasteiger partial charge in [-0.15, -0.1) is 11.8 Å². The molecule has 0 aliphatic heterocycles. The monoisotopic (exact) mass is 473 g/mol. The number of carbonyl (C=O) groups is 1. The Hall–Kier alpha value is -2.81. The first-order valence-electron chi connectivity index (χ1n) is 10.6. The first-order valence-corrected chi connectivity index (χ1v) is 11.6. The van der Waals surface area contributed by atoms with E-state index in [1.54, 1.807) is 18.0 Å². The van der Waals surface area contributed by atoms with Crippen molar-refractivity contribution >= 4 is 29.6 Å². The van der Waals surface area contributed by atoms with Gasteiger partial charge in [0.1, 0.15) is 6.61 Å². The van der Waals surface area contributed by atoms with E-state index in [1.807, 2.05) is 49.2 Å². The molecule has 180 valence electrons. The van der Waals surface area contributed by atoms with Crippen molar-refractivity contribution in [2.45, 2.75) is 18.7 Å².